The Morgan fingerprint density at radius 3 is 2.20 bits per heavy atom. The van der Waals surface area contributed by atoms with E-state index in [4.69, 9.17) is 15.6 Å². The first kappa shape index (κ1) is 34.0. The molecule has 228 valence electrons. The molecule has 1 aliphatic rings. The molecule has 2 aromatic carbocycles. The Morgan fingerprint density at radius 1 is 1.15 bits per heavy atom. The summed E-state index contributed by atoms with van der Waals surface area (Å²) < 4.78 is 59.5. The van der Waals surface area contributed by atoms with E-state index < -0.39 is 39.5 Å². The van der Waals surface area contributed by atoms with Crippen LogP contribution in [0.3, 0.4) is 0 Å². The number of sulfone groups is 1. The normalized spacial score (nSPS) is 20.5. The number of aliphatic carboxylic acids is 2. The molecule has 0 radical (unpaired) electrons. The van der Waals surface area contributed by atoms with E-state index in [9.17, 15) is 31.5 Å². The van der Waals surface area contributed by atoms with Gasteiger partial charge < -0.3 is 20.8 Å². The fourth-order valence-corrected chi connectivity index (χ4v) is 7.01. The molecule has 1 heterocycles. The highest BCUT2D eigenvalue weighted by Crippen LogP contribution is 2.41. The molecule has 0 bridgehead atoms. The molecule has 0 aliphatic carbocycles. The van der Waals surface area contributed by atoms with E-state index in [-0.39, 0.29) is 23.1 Å². The molecule has 3 atom stereocenters. The topological polar surface area (TPSA) is 150 Å². The molecule has 0 saturated heterocycles. The van der Waals surface area contributed by atoms with E-state index in [0.717, 1.165) is 30.5 Å². The number of carbonyl (C=O) groups is 2. The number of nitrogens with two attached hydrogens (primary N) is 1. The van der Waals surface area contributed by atoms with E-state index in [0.29, 0.717) is 17.5 Å². The smallest absolute Gasteiger partial charge is 0.480 e. The van der Waals surface area contributed by atoms with Crippen molar-refractivity contribution in [3.8, 4) is 0 Å². The summed E-state index contributed by atoms with van der Waals surface area (Å²) in [7, 11) is 0.0728. The summed E-state index contributed by atoms with van der Waals surface area (Å²) in [5, 5.41) is 20.3. The first-order valence-corrected chi connectivity index (χ1v) is 14.8. The fraction of sp³-hybridized carbons (Fsp3) is 0.500. The van der Waals surface area contributed by atoms with E-state index in [1.54, 1.807) is 6.07 Å². The molecule has 1 unspecified atom stereocenters. The summed E-state index contributed by atoms with van der Waals surface area (Å²) in [4.78, 5) is 22.5. The number of alkyl halides is 3. The number of rotatable bonds is 9. The van der Waals surface area contributed by atoms with Crippen molar-refractivity contribution in [1.82, 2.24) is 5.32 Å². The number of fused-ring (bicyclic) bond motifs is 1. The number of halogens is 3. The quantitative estimate of drug-likeness (QED) is 0.333. The lowest BCUT2D eigenvalue weighted by Crippen LogP contribution is -2.50. The molecular formula is C28H38F3N3O6S. The van der Waals surface area contributed by atoms with Crippen LogP contribution >= 0.6 is 0 Å². The van der Waals surface area contributed by atoms with Crippen LogP contribution in [0.2, 0.25) is 0 Å². The van der Waals surface area contributed by atoms with Gasteiger partial charge in [0.1, 0.15) is 6.04 Å². The van der Waals surface area contributed by atoms with Crippen molar-refractivity contribution >= 4 is 27.5 Å². The second-order valence-electron chi connectivity index (χ2n) is 10.3. The molecule has 0 spiro atoms. The average Bonchev–Trinajstić information content (AvgIpc) is 2.99. The summed E-state index contributed by atoms with van der Waals surface area (Å²) in [6.45, 7) is 4.15. The van der Waals surface area contributed by atoms with Crippen LogP contribution in [-0.4, -0.2) is 68.2 Å². The number of benzene rings is 2. The molecule has 9 nitrogen and oxygen atoms in total. The number of unbranched alkanes of at least 4 members (excludes halogenated alkanes) is 1. The van der Waals surface area contributed by atoms with Crippen LogP contribution in [-0.2, 0) is 25.8 Å². The Kier molecular flexibility index (Phi) is 11.3. The molecular weight excluding hydrogens is 563 g/mol. The van der Waals surface area contributed by atoms with Crippen LogP contribution in [0.1, 0.15) is 62.3 Å². The highest BCUT2D eigenvalue weighted by atomic mass is 32.2. The number of carboxylic acids is 2. The lowest BCUT2D eigenvalue weighted by molar-refractivity contribution is -0.192. The zero-order valence-corrected chi connectivity index (χ0v) is 24.3. The molecule has 3 rings (SSSR count). The van der Waals surface area contributed by atoms with Crippen LogP contribution in [0.15, 0.2) is 47.4 Å². The van der Waals surface area contributed by atoms with Crippen LogP contribution < -0.4 is 16.0 Å². The molecule has 2 aromatic rings. The lowest BCUT2D eigenvalue weighted by Gasteiger charge is -2.36. The highest BCUT2D eigenvalue weighted by Gasteiger charge is 2.42. The van der Waals surface area contributed by atoms with Crippen molar-refractivity contribution in [3.05, 3.63) is 59.2 Å². The molecule has 5 N–H and O–H groups in total. The summed E-state index contributed by atoms with van der Waals surface area (Å²) in [5.74, 6) is -3.87. The molecule has 0 amide bonds. The zero-order valence-electron chi connectivity index (χ0n) is 23.5. The van der Waals surface area contributed by atoms with Crippen molar-refractivity contribution in [1.29, 1.82) is 0 Å². The first-order valence-electron chi connectivity index (χ1n) is 13.2. The second-order valence-corrected chi connectivity index (χ2v) is 12.3. The molecule has 0 fully saturated rings. The van der Waals surface area contributed by atoms with Crippen molar-refractivity contribution in [3.63, 3.8) is 0 Å². The number of anilines is 1. The van der Waals surface area contributed by atoms with E-state index in [1.807, 2.05) is 62.3 Å². The van der Waals surface area contributed by atoms with Gasteiger partial charge in [-0.05, 0) is 41.7 Å². The number of nitrogens with zero attached hydrogens (tertiary/aromatic N) is 1. The predicted octanol–water partition coefficient (Wildman–Crippen LogP) is 4.15. The maximum atomic E-state index is 13.9. The summed E-state index contributed by atoms with van der Waals surface area (Å²) in [6.07, 6.45) is -1.69. The maximum absolute atomic E-state index is 13.9. The molecule has 41 heavy (non-hydrogen) atoms. The minimum atomic E-state index is -5.08. The van der Waals surface area contributed by atoms with Gasteiger partial charge in [-0.25, -0.2) is 13.2 Å². The van der Waals surface area contributed by atoms with Crippen molar-refractivity contribution < 1.29 is 41.4 Å². The van der Waals surface area contributed by atoms with Gasteiger partial charge in [0.2, 0.25) is 0 Å². The van der Waals surface area contributed by atoms with Crippen LogP contribution in [0.25, 0.3) is 0 Å². The Balaban J connectivity index is 0.000000745. The Hall–Kier alpha value is -3.16. The Labute approximate surface area is 238 Å². The standard InChI is InChI=1S/C26H37N3O4S.C2HF3O2/c1-5-7-13-26(6-2)17-34(32,33)23-15-19(14-21(27)25(30)31)22(29(3)4)16-20(23)24(28-26)18-11-9-8-10-12-18;3-2(4,5)1(6)7/h8-12,15-16,21,24,28H,5-7,13-14,17,27H2,1-4H3,(H,30,31);(H,6,7)/t21?,24-,26-;/m1./s1. The predicted molar refractivity (Wildman–Crippen MR) is 150 cm³/mol. The van der Waals surface area contributed by atoms with Crippen molar-refractivity contribution in [2.24, 2.45) is 5.73 Å². The highest BCUT2D eigenvalue weighted by molar-refractivity contribution is 7.91. The lowest BCUT2D eigenvalue weighted by atomic mass is 9.87. The van der Waals surface area contributed by atoms with Crippen molar-refractivity contribution in [2.75, 3.05) is 24.7 Å². The second kappa shape index (κ2) is 13.7. The first-order chi connectivity index (χ1) is 19.0. The van der Waals surface area contributed by atoms with Gasteiger partial charge in [0.15, 0.2) is 9.84 Å². The van der Waals surface area contributed by atoms with Gasteiger partial charge in [0.05, 0.1) is 16.7 Å². The summed E-state index contributed by atoms with van der Waals surface area (Å²) in [6, 6.07) is 12.0. The number of hydrogen-bond donors (Lipinski definition) is 4. The van der Waals surface area contributed by atoms with Crippen molar-refractivity contribution in [2.45, 2.75) is 74.6 Å². The third-order valence-corrected chi connectivity index (χ3v) is 9.03. The Morgan fingerprint density at radius 2 is 1.73 bits per heavy atom. The third-order valence-electron chi connectivity index (χ3n) is 7.07. The van der Waals surface area contributed by atoms with E-state index in [1.165, 1.54) is 0 Å². The van der Waals surface area contributed by atoms with E-state index in [2.05, 4.69) is 12.2 Å². The number of nitrogens with one attached hydrogen (secondary N) is 1. The fourth-order valence-electron chi connectivity index (χ4n) is 4.84. The minimum absolute atomic E-state index is 0.00142. The van der Waals surface area contributed by atoms with Gasteiger partial charge in [0.25, 0.3) is 0 Å². The van der Waals surface area contributed by atoms with Crippen LogP contribution in [0.5, 0.6) is 0 Å². The van der Waals surface area contributed by atoms with Gasteiger partial charge in [-0.1, -0.05) is 57.0 Å². The molecule has 0 saturated carbocycles. The number of hydrogen-bond acceptors (Lipinski definition) is 7. The zero-order chi connectivity index (χ0) is 31.2. The van der Waals surface area contributed by atoms with Gasteiger partial charge in [0, 0.05) is 31.7 Å². The SMILES string of the molecule is CCCC[C@]1(CC)CS(=O)(=O)c2cc(CC(N)C(=O)O)c(N(C)C)cc2[C@@H](c2ccccc2)N1.O=C(O)C(F)(F)F. The van der Waals surface area contributed by atoms with Gasteiger partial charge in [-0.3, -0.25) is 10.1 Å². The summed E-state index contributed by atoms with van der Waals surface area (Å²) in [5.41, 5.74) is 8.36. The van der Waals surface area contributed by atoms with Gasteiger partial charge in [-0.15, -0.1) is 0 Å². The molecule has 0 aromatic heterocycles. The average molecular weight is 602 g/mol. The largest absolute Gasteiger partial charge is 0.490 e. The molecule has 1 aliphatic heterocycles. The molecule has 13 heteroatoms. The monoisotopic (exact) mass is 601 g/mol. The van der Waals surface area contributed by atoms with Gasteiger partial charge >= 0.3 is 18.1 Å². The summed E-state index contributed by atoms with van der Waals surface area (Å²) >= 11 is 0. The van der Waals surface area contributed by atoms with Crippen LogP contribution in [0, 0.1) is 0 Å². The van der Waals surface area contributed by atoms with Crippen LogP contribution in [0.4, 0.5) is 18.9 Å². The number of carboxylic acid groups (broad SMARTS) is 2. The maximum Gasteiger partial charge on any atom is 0.490 e. The minimum Gasteiger partial charge on any atom is -0.480 e. The van der Waals surface area contributed by atoms with E-state index >= 15 is 0 Å². The third kappa shape index (κ3) is 8.66. The Bertz CT molecular complexity index is 1320. The van der Waals surface area contributed by atoms with Gasteiger partial charge in [-0.2, -0.15) is 13.2 Å².